The maximum atomic E-state index is 11.4. The summed E-state index contributed by atoms with van der Waals surface area (Å²) in [6, 6.07) is 7.97. The second-order valence-electron chi connectivity index (χ2n) is 3.99. The van der Waals surface area contributed by atoms with Crippen LogP contribution in [-0.4, -0.2) is 17.0 Å². The van der Waals surface area contributed by atoms with Gasteiger partial charge in [-0.1, -0.05) is 6.92 Å². The maximum Gasteiger partial charge on any atom is 0.152 e. The van der Waals surface area contributed by atoms with Crippen molar-refractivity contribution < 1.29 is 9.53 Å². The molecule has 3 heteroatoms. The van der Waals surface area contributed by atoms with Crippen LogP contribution >= 0.6 is 0 Å². The van der Waals surface area contributed by atoms with E-state index in [4.69, 9.17) is 4.74 Å². The van der Waals surface area contributed by atoms with Crippen molar-refractivity contribution in [2.45, 2.75) is 26.8 Å². The van der Waals surface area contributed by atoms with E-state index in [0.29, 0.717) is 19.6 Å². The Labute approximate surface area is 101 Å². The van der Waals surface area contributed by atoms with Crippen LogP contribution in [0, 0.1) is 0 Å². The van der Waals surface area contributed by atoms with Gasteiger partial charge in [0, 0.05) is 23.5 Å². The van der Waals surface area contributed by atoms with E-state index < -0.39 is 0 Å². The first-order valence-corrected chi connectivity index (χ1v) is 5.98. The Morgan fingerprint density at radius 1 is 1.29 bits per heavy atom. The predicted molar refractivity (Wildman–Crippen MR) is 68.4 cm³/mol. The molecule has 0 aliphatic carbocycles. The van der Waals surface area contributed by atoms with Gasteiger partial charge in [-0.3, -0.25) is 4.79 Å². The smallest absolute Gasteiger partial charge is 0.152 e. The first-order valence-electron chi connectivity index (χ1n) is 5.98. The first-order chi connectivity index (χ1) is 8.24. The van der Waals surface area contributed by atoms with Gasteiger partial charge in [-0.2, -0.15) is 0 Å². The van der Waals surface area contributed by atoms with E-state index in [2.05, 4.69) is 0 Å². The molecule has 0 aliphatic rings. The van der Waals surface area contributed by atoms with Crippen LogP contribution in [0.4, 0.5) is 0 Å². The fraction of sp³-hybridized carbons (Fsp3) is 0.357. The SMILES string of the molecule is CCOc1ccc2c(ccn2CC(=O)CC)c1. The summed E-state index contributed by atoms with van der Waals surface area (Å²) < 4.78 is 7.43. The summed E-state index contributed by atoms with van der Waals surface area (Å²) in [5.74, 6) is 1.12. The van der Waals surface area contributed by atoms with Gasteiger partial charge in [0.05, 0.1) is 13.2 Å². The lowest BCUT2D eigenvalue weighted by Crippen LogP contribution is -2.07. The molecule has 2 rings (SSSR count). The average molecular weight is 231 g/mol. The third-order valence-electron chi connectivity index (χ3n) is 2.79. The molecule has 0 bridgehead atoms. The van der Waals surface area contributed by atoms with Crippen molar-refractivity contribution in [1.29, 1.82) is 0 Å². The van der Waals surface area contributed by atoms with Crippen LogP contribution in [0.5, 0.6) is 5.75 Å². The molecule has 1 heterocycles. The van der Waals surface area contributed by atoms with Gasteiger partial charge in [0.2, 0.25) is 0 Å². The molecular formula is C14H17NO2. The first kappa shape index (κ1) is 11.7. The van der Waals surface area contributed by atoms with Gasteiger partial charge in [0.1, 0.15) is 5.75 Å². The van der Waals surface area contributed by atoms with Crippen LogP contribution in [-0.2, 0) is 11.3 Å². The molecule has 0 aliphatic heterocycles. The van der Waals surface area contributed by atoms with E-state index in [1.165, 1.54) is 0 Å². The Balaban J connectivity index is 2.31. The minimum Gasteiger partial charge on any atom is -0.494 e. The Bertz CT molecular complexity index is 528. The van der Waals surface area contributed by atoms with Crippen molar-refractivity contribution >= 4 is 16.7 Å². The van der Waals surface area contributed by atoms with E-state index in [9.17, 15) is 4.79 Å². The number of nitrogens with zero attached hydrogens (tertiary/aromatic N) is 1. The molecule has 0 N–H and O–H groups in total. The number of carbonyl (C=O) groups excluding carboxylic acids is 1. The van der Waals surface area contributed by atoms with Crippen LogP contribution < -0.4 is 4.74 Å². The fourth-order valence-corrected chi connectivity index (χ4v) is 1.87. The number of fused-ring (bicyclic) bond motifs is 1. The number of carbonyl (C=O) groups is 1. The molecular weight excluding hydrogens is 214 g/mol. The van der Waals surface area contributed by atoms with Crippen LogP contribution in [0.2, 0.25) is 0 Å². The molecule has 2 aromatic rings. The molecule has 17 heavy (non-hydrogen) atoms. The van der Waals surface area contributed by atoms with Gasteiger partial charge < -0.3 is 9.30 Å². The zero-order valence-corrected chi connectivity index (χ0v) is 10.3. The van der Waals surface area contributed by atoms with E-state index in [1.54, 1.807) is 0 Å². The van der Waals surface area contributed by atoms with E-state index in [0.717, 1.165) is 16.7 Å². The lowest BCUT2D eigenvalue weighted by atomic mass is 10.2. The van der Waals surface area contributed by atoms with Gasteiger partial charge in [0.25, 0.3) is 0 Å². The van der Waals surface area contributed by atoms with Crippen LogP contribution in [0.15, 0.2) is 30.5 Å². The van der Waals surface area contributed by atoms with Gasteiger partial charge in [0.15, 0.2) is 5.78 Å². The summed E-state index contributed by atoms with van der Waals surface area (Å²) in [4.78, 5) is 11.4. The Morgan fingerprint density at radius 2 is 2.12 bits per heavy atom. The van der Waals surface area contributed by atoms with Gasteiger partial charge in [-0.25, -0.2) is 0 Å². The van der Waals surface area contributed by atoms with E-state index >= 15 is 0 Å². The Kier molecular flexibility index (Phi) is 3.47. The van der Waals surface area contributed by atoms with Crippen LogP contribution in [0.3, 0.4) is 0 Å². The number of aromatic nitrogens is 1. The van der Waals surface area contributed by atoms with Crippen molar-refractivity contribution in [3.05, 3.63) is 30.5 Å². The number of ketones is 1. The zero-order valence-electron chi connectivity index (χ0n) is 10.3. The number of Topliss-reactive ketones (excluding diaryl/α,β-unsaturated/α-hetero) is 1. The monoisotopic (exact) mass is 231 g/mol. The zero-order chi connectivity index (χ0) is 12.3. The quantitative estimate of drug-likeness (QED) is 0.792. The summed E-state index contributed by atoms with van der Waals surface area (Å²) in [6.45, 7) is 4.98. The minimum atomic E-state index is 0.247. The number of benzene rings is 1. The Morgan fingerprint density at radius 3 is 2.82 bits per heavy atom. The second-order valence-corrected chi connectivity index (χ2v) is 3.99. The normalized spacial score (nSPS) is 10.7. The molecule has 0 unspecified atom stereocenters. The highest BCUT2D eigenvalue weighted by Gasteiger charge is 2.05. The number of hydrogen-bond acceptors (Lipinski definition) is 2. The third-order valence-corrected chi connectivity index (χ3v) is 2.79. The summed E-state index contributed by atoms with van der Waals surface area (Å²) in [6.07, 6.45) is 2.53. The van der Waals surface area contributed by atoms with Gasteiger partial charge in [-0.05, 0) is 31.2 Å². The molecule has 90 valence electrons. The fourth-order valence-electron chi connectivity index (χ4n) is 1.87. The largest absolute Gasteiger partial charge is 0.494 e. The van der Waals surface area contributed by atoms with Crippen LogP contribution in [0.25, 0.3) is 10.9 Å². The standard InChI is InChI=1S/C14H17NO2/c1-3-12(16)10-15-8-7-11-9-13(17-4-2)5-6-14(11)15/h5-9H,3-4,10H2,1-2H3. The van der Waals surface area contributed by atoms with Crippen molar-refractivity contribution in [3.8, 4) is 5.75 Å². The lowest BCUT2D eigenvalue weighted by molar-refractivity contribution is -0.119. The highest BCUT2D eigenvalue weighted by Crippen LogP contribution is 2.22. The van der Waals surface area contributed by atoms with Gasteiger partial charge >= 0.3 is 0 Å². The average Bonchev–Trinajstić information content (AvgIpc) is 2.72. The molecule has 0 radical (unpaired) electrons. The Hall–Kier alpha value is -1.77. The topological polar surface area (TPSA) is 31.2 Å². The number of rotatable bonds is 5. The molecule has 1 aromatic carbocycles. The lowest BCUT2D eigenvalue weighted by Gasteiger charge is -2.05. The molecule has 0 saturated carbocycles. The second kappa shape index (κ2) is 5.04. The molecule has 0 atom stereocenters. The van der Waals surface area contributed by atoms with E-state index in [1.807, 2.05) is 48.9 Å². The number of ether oxygens (including phenoxy) is 1. The summed E-state index contributed by atoms with van der Waals surface area (Å²) in [5, 5.41) is 1.11. The van der Waals surface area contributed by atoms with Crippen molar-refractivity contribution in [3.63, 3.8) is 0 Å². The summed E-state index contributed by atoms with van der Waals surface area (Å²) in [7, 11) is 0. The van der Waals surface area contributed by atoms with E-state index in [-0.39, 0.29) is 5.78 Å². The third kappa shape index (κ3) is 2.49. The minimum absolute atomic E-state index is 0.247. The molecule has 0 amide bonds. The van der Waals surface area contributed by atoms with Crippen molar-refractivity contribution in [2.75, 3.05) is 6.61 Å². The molecule has 0 fully saturated rings. The summed E-state index contributed by atoms with van der Waals surface area (Å²) in [5.41, 5.74) is 1.08. The highest BCUT2D eigenvalue weighted by molar-refractivity contribution is 5.84. The molecule has 1 aromatic heterocycles. The van der Waals surface area contributed by atoms with Crippen LogP contribution in [0.1, 0.15) is 20.3 Å². The molecule has 0 spiro atoms. The van der Waals surface area contributed by atoms with Crippen molar-refractivity contribution in [1.82, 2.24) is 4.57 Å². The molecule has 3 nitrogen and oxygen atoms in total. The van der Waals surface area contributed by atoms with Crippen molar-refractivity contribution in [2.24, 2.45) is 0 Å². The predicted octanol–water partition coefficient (Wildman–Crippen LogP) is 3.02. The summed E-state index contributed by atoms with van der Waals surface area (Å²) >= 11 is 0. The van der Waals surface area contributed by atoms with Gasteiger partial charge in [-0.15, -0.1) is 0 Å². The molecule has 0 saturated heterocycles. The highest BCUT2D eigenvalue weighted by atomic mass is 16.5. The maximum absolute atomic E-state index is 11.4. The number of hydrogen-bond donors (Lipinski definition) is 0.